The zero-order valence-electron chi connectivity index (χ0n) is 13.5. The van der Waals surface area contributed by atoms with Crippen LogP contribution in [0, 0.1) is 5.92 Å². The lowest BCUT2D eigenvalue weighted by Crippen LogP contribution is -2.40. The fourth-order valence-electron chi connectivity index (χ4n) is 3.08. The number of para-hydroxylation sites is 1. The average Bonchev–Trinajstić information content (AvgIpc) is 3.05. The molecular weight excluding hydrogens is 286 g/mol. The third-order valence-corrected chi connectivity index (χ3v) is 4.49. The van der Waals surface area contributed by atoms with Gasteiger partial charge in [-0.3, -0.25) is 4.79 Å². The molecule has 0 spiro atoms. The van der Waals surface area contributed by atoms with Gasteiger partial charge in [0.05, 0.1) is 11.9 Å². The van der Waals surface area contributed by atoms with Crippen LogP contribution in [-0.4, -0.2) is 21.7 Å². The minimum atomic E-state index is -0.0174. The van der Waals surface area contributed by atoms with Gasteiger partial charge in [-0.05, 0) is 37.0 Å². The Labute approximate surface area is 137 Å². The molecule has 1 aliphatic rings. The number of rotatable bonds is 4. The van der Waals surface area contributed by atoms with Crippen LogP contribution in [-0.2, 0) is 4.79 Å². The van der Waals surface area contributed by atoms with Gasteiger partial charge in [-0.25, -0.2) is 4.68 Å². The molecule has 0 aliphatic heterocycles. The van der Waals surface area contributed by atoms with Crippen LogP contribution in [0.25, 0.3) is 11.8 Å². The molecule has 1 heterocycles. The summed E-state index contributed by atoms with van der Waals surface area (Å²) in [5, 5.41) is 7.45. The smallest absolute Gasteiger partial charge is 0.244 e. The summed E-state index contributed by atoms with van der Waals surface area (Å²) in [6, 6.07) is 10.2. The molecule has 1 saturated carbocycles. The Hall–Kier alpha value is -2.36. The Morgan fingerprint density at radius 2 is 2.04 bits per heavy atom. The Balaban J connectivity index is 1.59. The van der Waals surface area contributed by atoms with E-state index in [9.17, 15) is 4.79 Å². The topological polar surface area (TPSA) is 46.9 Å². The summed E-state index contributed by atoms with van der Waals surface area (Å²) in [6.45, 7) is 2.22. The van der Waals surface area contributed by atoms with Crippen molar-refractivity contribution in [1.82, 2.24) is 15.1 Å². The van der Waals surface area contributed by atoms with Gasteiger partial charge in [-0.2, -0.15) is 5.10 Å². The zero-order valence-corrected chi connectivity index (χ0v) is 13.5. The fraction of sp³-hybridized carbons (Fsp3) is 0.368. The van der Waals surface area contributed by atoms with Gasteiger partial charge in [-0.15, -0.1) is 0 Å². The van der Waals surface area contributed by atoms with Crippen molar-refractivity contribution in [1.29, 1.82) is 0 Å². The maximum Gasteiger partial charge on any atom is 0.244 e. The van der Waals surface area contributed by atoms with Crippen molar-refractivity contribution in [3.63, 3.8) is 0 Å². The molecule has 0 saturated heterocycles. The summed E-state index contributed by atoms with van der Waals surface area (Å²) in [5.41, 5.74) is 1.92. The number of amides is 1. The molecule has 2 atom stereocenters. The molecule has 120 valence electrons. The van der Waals surface area contributed by atoms with Crippen LogP contribution in [0.3, 0.4) is 0 Å². The predicted octanol–water partition coefficient (Wildman–Crippen LogP) is 3.58. The zero-order chi connectivity index (χ0) is 16.1. The number of hydrogen-bond donors (Lipinski definition) is 1. The number of aromatic nitrogens is 2. The number of benzene rings is 1. The number of carbonyl (C=O) groups is 1. The van der Waals surface area contributed by atoms with Crippen molar-refractivity contribution in [2.75, 3.05) is 0 Å². The van der Waals surface area contributed by atoms with Gasteiger partial charge >= 0.3 is 0 Å². The van der Waals surface area contributed by atoms with E-state index in [1.54, 1.807) is 17.0 Å². The molecule has 4 heteroatoms. The van der Waals surface area contributed by atoms with Crippen LogP contribution in [0.1, 0.15) is 38.2 Å². The largest absolute Gasteiger partial charge is 0.350 e. The Morgan fingerprint density at radius 3 is 2.83 bits per heavy atom. The quantitative estimate of drug-likeness (QED) is 0.878. The third-order valence-electron chi connectivity index (χ3n) is 4.49. The number of nitrogens with one attached hydrogen (secondary N) is 1. The summed E-state index contributed by atoms with van der Waals surface area (Å²) in [5.74, 6) is 0.554. The summed E-state index contributed by atoms with van der Waals surface area (Å²) >= 11 is 0. The lowest BCUT2D eigenvalue weighted by Gasteiger charge is -2.29. The first-order chi connectivity index (χ1) is 11.2. The van der Waals surface area contributed by atoms with E-state index in [0.29, 0.717) is 12.0 Å². The first kappa shape index (κ1) is 15.5. The predicted molar refractivity (Wildman–Crippen MR) is 92.2 cm³/mol. The van der Waals surface area contributed by atoms with E-state index in [2.05, 4.69) is 17.3 Å². The standard InChI is InChI=1S/C19H23N3O/c1-15-7-5-6-10-18(15)21-19(23)12-11-16-13-20-22(14-16)17-8-3-2-4-9-17/h2-4,8-9,11-15,18H,5-7,10H2,1H3,(H,21,23)/b12-11+/t15-,18+/m1/s1. The van der Waals surface area contributed by atoms with Crippen LogP contribution in [0.2, 0.25) is 0 Å². The molecule has 1 aromatic carbocycles. The minimum absolute atomic E-state index is 0.0174. The molecule has 2 aromatic rings. The minimum Gasteiger partial charge on any atom is -0.350 e. The van der Waals surface area contributed by atoms with Gasteiger partial charge in [0.2, 0.25) is 5.91 Å². The van der Waals surface area contributed by atoms with Crippen molar-refractivity contribution < 1.29 is 4.79 Å². The van der Waals surface area contributed by atoms with E-state index in [1.807, 2.05) is 42.6 Å². The van der Waals surface area contributed by atoms with Gasteiger partial charge in [0.1, 0.15) is 0 Å². The van der Waals surface area contributed by atoms with Crippen LogP contribution in [0.4, 0.5) is 0 Å². The lowest BCUT2D eigenvalue weighted by molar-refractivity contribution is -0.117. The number of nitrogens with zero attached hydrogens (tertiary/aromatic N) is 2. The average molecular weight is 309 g/mol. The maximum absolute atomic E-state index is 12.1. The Kier molecular flexibility index (Phi) is 4.91. The highest BCUT2D eigenvalue weighted by atomic mass is 16.1. The number of carbonyl (C=O) groups excluding carboxylic acids is 1. The number of hydrogen-bond acceptors (Lipinski definition) is 2. The molecule has 23 heavy (non-hydrogen) atoms. The Morgan fingerprint density at radius 1 is 1.26 bits per heavy atom. The second kappa shape index (κ2) is 7.27. The van der Waals surface area contributed by atoms with Gasteiger partial charge in [0, 0.05) is 23.9 Å². The van der Waals surface area contributed by atoms with Crippen molar-refractivity contribution in [3.8, 4) is 5.69 Å². The normalized spacial score (nSPS) is 21.4. The molecule has 4 nitrogen and oxygen atoms in total. The second-order valence-electron chi connectivity index (χ2n) is 6.26. The van der Waals surface area contributed by atoms with Crippen molar-refractivity contribution >= 4 is 12.0 Å². The van der Waals surface area contributed by atoms with Crippen LogP contribution in [0.5, 0.6) is 0 Å². The van der Waals surface area contributed by atoms with E-state index < -0.39 is 0 Å². The van der Waals surface area contributed by atoms with Gasteiger partial charge in [0.15, 0.2) is 0 Å². The summed E-state index contributed by atoms with van der Waals surface area (Å²) in [7, 11) is 0. The van der Waals surface area contributed by atoms with Gasteiger partial charge < -0.3 is 5.32 Å². The maximum atomic E-state index is 12.1. The highest BCUT2D eigenvalue weighted by molar-refractivity contribution is 5.91. The SMILES string of the molecule is C[C@@H]1CCCC[C@@H]1NC(=O)/C=C/c1cnn(-c2ccccc2)c1. The Bertz CT molecular complexity index is 675. The van der Waals surface area contributed by atoms with Crippen LogP contribution >= 0.6 is 0 Å². The van der Waals surface area contributed by atoms with Crippen molar-refractivity contribution in [2.45, 2.75) is 38.6 Å². The molecule has 3 rings (SSSR count). The summed E-state index contributed by atoms with van der Waals surface area (Å²) in [4.78, 5) is 12.1. The third kappa shape index (κ3) is 4.09. The first-order valence-corrected chi connectivity index (χ1v) is 8.31. The lowest BCUT2D eigenvalue weighted by atomic mass is 9.86. The molecule has 1 aromatic heterocycles. The van der Waals surface area contributed by atoms with E-state index in [-0.39, 0.29) is 5.91 Å². The van der Waals surface area contributed by atoms with E-state index in [0.717, 1.165) is 17.7 Å². The second-order valence-corrected chi connectivity index (χ2v) is 6.26. The van der Waals surface area contributed by atoms with Gasteiger partial charge in [0.25, 0.3) is 0 Å². The fourth-order valence-corrected chi connectivity index (χ4v) is 3.08. The van der Waals surface area contributed by atoms with Crippen molar-refractivity contribution in [2.24, 2.45) is 5.92 Å². The molecule has 0 unspecified atom stereocenters. The van der Waals surface area contributed by atoms with Crippen molar-refractivity contribution in [3.05, 3.63) is 54.4 Å². The monoisotopic (exact) mass is 309 g/mol. The van der Waals surface area contributed by atoms with Gasteiger partial charge in [-0.1, -0.05) is 38.0 Å². The molecule has 1 amide bonds. The summed E-state index contributed by atoms with van der Waals surface area (Å²) in [6.07, 6.45) is 11.9. The van der Waals surface area contributed by atoms with Crippen LogP contribution in [0.15, 0.2) is 48.8 Å². The molecule has 0 radical (unpaired) electrons. The highest BCUT2D eigenvalue weighted by Gasteiger charge is 2.21. The van der Waals surface area contributed by atoms with E-state index in [1.165, 1.54) is 19.3 Å². The van der Waals surface area contributed by atoms with Crippen LogP contribution < -0.4 is 5.32 Å². The molecule has 1 fully saturated rings. The molecule has 1 aliphatic carbocycles. The van der Waals surface area contributed by atoms with E-state index in [4.69, 9.17) is 0 Å². The van der Waals surface area contributed by atoms with E-state index >= 15 is 0 Å². The molecule has 1 N–H and O–H groups in total. The first-order valence-electron chi connectivity index (χ1n) is 8.31. The highest BCUT2D eigenvalue weighted by Crippen LogP contribution is 2.23. The summed E-state index contributed by atoms with van der Waals surface area (Å²) < 4.78 is 1.81. The molecule has 0 bridgehead atoms. The molecular formula is C19H23N3O.